The molecule has 0 aliphatic rings. The van der Waals surface area contributed by atoms with Gasteiger partial charge < -0.3 is 20.1 Å². The minimum Gasteiger partial charge on any atom is -0.439 e. The molecule has 1 unspecified atom stereocenters. The Balaban J connectivity index is 0. The van der Waals surface area contributed by atoms with E-state index in [1.807, 2.05) is 73.8 Å². The Morgan fingerprint density at radius 3 is 1.64 bits per heavy atom. The molecule has 0 amide bonds. The molecule has 8 heteroatoms. The van der Waals surface area contributed by atoms with Crippen LogP contribution in [-0.2, 0) is 45.4 Å². The summed E-state index contributed by atoms with van der Waals surface area (Å²) in [5, 5.41) is 0. The minimum atomic E-state index is -1.85. The van der Waals surface area contributed by atoms with Crippen LogP contribution < -0.4 is 0 Å². The van der Waals surface area contributed by atoms with Gasteiger partial charge in [-0.3, -0.25) is 4.79 Å². The van der Waals surface area contributed by atoms with Gasteiger partial charge in [0.1, 0.15) is 0 Å². The van der Waals surface area contributed by atoms with Crippen molar-refractivity contribution in [3.8, 4) is 0 Å². The van der Waals surface area contributed by atoms with Crippen molar-refractivity contribution < 1.29 is 50.2 Å². The number of rotatable bonds is 7. The van der Waals surface area contributed by atoms with Crippen LogP contribution in [0.25, 0.3) is 0 Å². The van der Waals surface area contributed by atoms with E-state index in [1.54, 1.807) is 7.11 Å². The van der Waals surface area contributed by atoms with Crippen LogP contribution in [0.4, 0.5) is 0 Å². The molecule has 28 heavy (non-hydrogen) atoms. The van der Waals surface area contributed by atoms with Gasteiger partial charge in [0, 0.05) is 50.9 Å². The maximum Gasteiger partial charge on any atom is 0.322 e. The zero-order valence-electron chi connectivity index (χ0n) is 18.1. The van der Waals surface area contributed by atoms with Crippen molar-refractivity contribution >= 4 is 32.7 Å². The van der Waals surface area contributed by atoms with E-state index in [0.29, 0.717) is 0 Å². The smallest absolute Gasteiger partial charge is 0.322 e. The van der Waals surface area contributed by atoms with Gasteiger partial charge in [0.25, 0.3) is 9.28 Å². The number of carbonyl (C=O) groups is 1. The van der Waals surface area contributed by atoms with Crippen LogP contribution in [-0.4, -0.2) is 39.8 Å². The first-order valence-corrected chi connectivity index (χ1v) is 15.9. The topological polar surface area (TPSA) is 44.8 Å². The molecule has 152 valence electrons. The first-order valence-electron chi connectivity index (χ1n) is 8.59. The van der Waals surface area contributed by atoms with E-state index in [1.165, 1.54) is 0 Å². The van der Waals surface area contributed by atoms with Crippen LogP contribution in [0.5, 0.6) is 0 Å². The fourth-order valence-electron chi connectivity index (χ4n) is 2.15. The summed E-state index contributed by atoms with van der Waals surface area (Å²) in [5.41, 5.74) is 1.47. The van der Waals surface area contributed by atoms with E-state index < -0.39 is 26.9 Å². The Morgan fingerprint density at radius 2 is 1.32 bits per heavy atom. The van der Waals surface area contributed by atoms with E-state index in [2.05, 4.69) is 19.6 Å². The summed E-state index contributed by atoms with van der Waals surface area (Å²) in [6.07, 6.45) is 0. The van der Waals surface area contributed by atoms with E-state index in [-0.39, 0.29) is 45.9 Å². The van der Waals surface area contributed by atoms with E-state index in [4.69, 9.17) is 12.7 Å². The van der Waals surface area contributed by atoms with Gasteiger partial charge in [-0.05, 0) is 32.7 Å². The summed E-state index contributed by atoms with van der Waals surface area (Å²) in [4.78, 5) is 11.8. The number of ketones is 1. The second-order valence-electron chi connectivity index (χ2n) is 6.38. The van der Waals surface area contributed by atoms with Crippen molar-refractivity contribution in [1.29, 1.82) is 0 Å². The van der Waals surface area contributed by atoms with Crippen LogP contribution in [0.2, 0.25) is 32.7 Å². The molecule has 2 radical (unpaired) electrons. The third-order valence-corrected chi connectivity index (χ3v) is 11.2. The number of benzene rings is 2. The molecule has 0 bridgehead atoms. The van der Waals surface area contributed by atoms with Crippen molar-refractivity contribution in [2.45, 2.75) is 32.7 Å². The second kappa shape index (κ2) is 15.6. The summed E-state index contributed by atoms with van der Waals surface area (Å²) >= 11 is 0. The van der Waals surface area contributed by atoms with Crippen LogP contribution in [0.1, 0.15) is 15.9 Å². The van der Waals surface area contributed by atoms with Crippen molar-refractivity contribution in [2.24, 2.45) is 0 Å². The van der Waals surface area contributed by atoms with E-state index >= 15 is 0 Å². The zero-order valence-corrected chi connectivity index (χ0v) is 24.1. The average molecular weight is 510 g/mol. The van der Waals surface area contributed by atoms with Gasteiger partial charge in [-0.2, -0.15) is 0 Å². The molecule has 0 aromatic heterocycles. The summed E-state index contributed by atoms with van der Waals surface area (Å²) in [6, 6.07) is 18.6. The Hall–Kier alpha value is -0.255. The third-order valence-electron chi connectivity index (χ3n) is 3.41. The normalized spacial score (nSPS) is 11.4. The number of hydrogen-bond donors (Lipinski definition) is 0. The summed E-state index contributed by atoms with van der Waals surface area (Å²) in [6.45, 7) is 10.4. The van der Waals surface area contributed by atoms with Gasteiger partial charge in [0.05, 0.1) is 0 Å². The molecule has 2 rings (SSSR count). The van der Waals surface area contributed by atoms with Crippen LogP contribution >= 0.6 is 0 Å². The van der Waals surface area contributed by atoms with Gasteiger partial charge >= 0.3 is 8.56 Å². The molecule has 4 nitrogen and oxygen atoms in total. The molecule has 0 saturated carbocycles. The molecular weight excluding hydrogens is 477 g/mol. The maximum absolute atomic E-state index is 11.8. The Bertz CT molecular complexity index is 614. The first-order chi connectivity index (χ1) is 12.2. The van der Waals surface area contributed by atoms with Crippen molar-refractivity contribution in [2.75, 3.05) is 7.11 Å². The van der Waals surface area contributed by atoms with Crippen molar-refractivity contribution in [3.63, 3.8) is 0 Å². The van der Waals surface area contributed by atoms with E-state index in [9.17, 15) is 4.79 Å². The predicted octanol–water partition coefficient (Wildman–Crippen LogP) is 4.83. The van der Waals surface area contributed by atoms with E-state index in [0.717, 1.165) is 11.1 Å². The molecule has 2 aromatic carbocycles. The molecule has 0 aliphatic carbocycles. The maximum atomic E-state index is 11.8. The van der Waals surface area contributed by atoms with Gasteiger partial charge in [-0.25, -0.2) is 0 Å². The monoisotopic (exact) mass is 509 g/mol. The fourth-order valence-corrected chi connectivity index (χ4v) is 9.01. The Labute approximate surface area is 200 Å². The van der Waals surface area contributed by atoms with Gasteiger partial charge in [-0.1, -0.05) is 60.7 Å². The molecule has 0 spiro atoms. The third kappa shape index (κ3) is 12.3. The molecular formula is C20H32O4Si3Y-. The van der Waals surface area contributed by atoms with Gasteiger partial charge in [-0.15, -0.1) is 0 Å². The Kier molecular flexibility index (Phi) is 16.6. The summed E-state index contributed by atoms with van der Waals surface area (Å²) in [7, 11) is -2.18. The van der Waals surface area contributed by atoms with Crippen LogP contribution in [0.15, 0.2) is 60.7 Å². The Morgan fingerprint density at radius 1 is 0.929 bits per heavy atom. The fraction of sp³-hybridized carbons (Fsp3) is 0.300. The predicted molar refractivity (Wildman–Crippen MR) is 120 cm³/mol. The molecule has 0 fully saturated rings. The van der Waals surface area contributed by atoms with Crippen molar-refractivity contribution in [3.05, 3.63) is 79.2 Å². The summed E-state index contributed by atoms with van der Waals surface area (Å²) < 4.78 is 16.7. The molecule has 0 saturated heterocycles. The summed E-state index contributed by atoms with van der Waals surface area (Å²) in [5.74, 6) is 0.0752. The molecule has 0 aliphatic heterocycles. The van der Waals surface area contributed by atoms with Crippen LogP contribution in [0.3, 0.4) is 0 Å². The molecule has 2 aromatic rings. The molecule has 1 atom stereocenters. The number of hydrogen-bond acceptors (Lipinski definition) is 4. The van der Waals surface area contributed by atoms with Crippen molar-refractivity contribution in [1.82, 2.24) is 0 Å². The molecule has 0 heterocycles. The number of carbonyl (C=O) groups excluding carboxylic acids is 1. The first kappa shape index (κ1) is 29.9. The largest absolute Gasteiger partial charge is 0.439 e. The SMILES string of the molecule is CO[Si](C)(C)O[SiH](C)O[Si](C)C.O=C(c1ccccc1)c1ccccc1.[CH3-].[Y]. The quantitative estimate of drug-likeness (QED) is 0.305. The van der Waals surface area contributed by atoms with Crippen LogP contribution in [0, 0.1) is 7.43 Å². The standard InChI is InChI=1S/C13H10O.C6H19O3Si3.CH3.Y/c14-13(11-7-3-1-4-8-11)12-9-5-2-6-10-12;1-7-12(5,6)9-11(4)8-10(2)3;;/h1-10H;11H,1-6H3;1H3;/q;;-1;. The average Bonchev–Trinajstić information content (AvgIpc) is 2.62. The minimum absolute atomic E-state index is 0. The van der Waals surface area contributed by atoms with Gasteiger partial charge in [0.2, 0.25) is 0 Å². The van der Waals surface area contributed by atoms with Gasteiger partial charge in [0.15, 0.2) is 14.8 Å². The second-order valence-corrected chi connectivity index (χ2v) is 14.4. The zero-order chi connectivity index (χ0) is 19.6. The molecule has 0 N–H and O–H groups in total.